The van der Waals surface area contributed by atoms with E-state index in [1.807, 2.05) is 26.8 Å². The van der Waals surface area contributed by atoms with E-state index in [4.69, 9.17) is 9.47 Å². The first kappa shape index (κ1) is 25.0. The summed E-state index contributed by atoms with van der Waals surface area (Å²) in [6.45, 7) is 6.04. The lowest BCUT2D eigenvalue weighted by Crippen LogP contribution is -2.29. The number of aliphatic hydroxyl groups is 1. The number of methoxy groups -OCH3 is 2. The summed E-state index contributed by atoms with van der Waals surface area (Å²) in [7, 11) is 2.97. The molecule has 1 N–H and O–H groups in total. The van der Waals surface area contributed by atoms with Gasteiger partial charge in [-0.2, -0.15) is 0 Å². The SMILES string of the molecule is COc1ccc(N2C(=O)C(=O)/C(=C(/O)c3cc(C(C)(C)C)ccc3OC)C2c2ccccc2F)cc1. The van der Waals surface area contributed by atoms with Crippen LogP contribution in [0.2, 0.25) is 0 Å². The van der Waals surface area contributed by atoms with Crippen molar-refractivity contribution < 1.29 is 28.6 Å². The first-order chi connectivity index (χ1) is 17.1. The summed E-state index contributed by atoms with van der Waals surface area (Å²) in [5.41, 5.74) is 1.10. The molecular formula is C29H28FNO5. The van der Waals surface area contributed by atoms with E-state index in [1.54, 1.807) is 42.5 Å². The highest BCUT2D eigenvalue weighted by atomic mass is 19.1. The third-order valence-corrected chi connectivity index (χ3v) is 6.32. The minimum Gasteiger partial charge on any atom is -0.507 e. The molecule has 0 bridgehead atoms. The summed E-state index contributed by atoms with van der Waals surface area (Å²) in [6.07, 6.45) is 0. The van der Waals surface area contributed by atoms with E-state index in [0.717, 1.165) is 5.56 Å². The predicted octanol–water partition coefficient (Wildman–Crippen LogP) is 5.77. The van der Waals surface area contributed by atoms with Crippen molar-refractivity contribution in [3.05, 3.63) is 94.8 Å². The fourth-order valence-electron chi connectivity index (χ4n) is 4.34. The Morgan fingerprint density at radius 1 is 0.944 bits per heavy atom. The number of carbonyl (C=O) groups excluding carboxylic acids is 2. The fraction of sp³-hybridized carbons (Fsp3) is 0.241. The third-order valence-electron chi connectivity index (χ3n) is 6.32. The smallest absolute Gasteiger partial charge is 0.300 e. The molecule has 1 unspecified atom stereocenters. The van der Waals surface area contributed by atoms with Gasteiger partial charge in [0.1, 0.15) is 23.1 Å². The van der Waals surface area contributed by atoms with Crippen LogP contribution in [0.25, 0.3) is 5.76 Å². The first-order valence-corrected chi connectivity index (χ1v) is 11.5. The normalized spacial score (nSPS) is 17.4. The Kier molecular flexibility index (Phi) is 6.59. The molecule has 36 heavy (non-hydrogen) atoms. The highest BCUT2D eigenvalue weighted by Crippen LogP contribution is 2.44. The highest BCUT2D eigenvalue weighted by Gasteiger charge is 2.48. The van der Waals surface area contributed by atoms with E-state index in [1.165, 1.54) is 37.3 Å². The molecule has 0 saturated carbocycles. The van der Waals surface area contributed by atoms with Crippen LogP contribution in [-0.4, -0.2) is 31.0 Å². The molecule has 0 radical (unpaired) electrons. The van der Waals surface area contributed by atoms with Gasteiger partial charge in [-0.25, -0.2) is 4.39 Å². The molecule has 6 nitrogen and oxygen atoms in total. The number of hydrogen-bond donors (Lipinski definition) is 1. The van der Waals surface area contributed by atoms with Crippen molar-refractivity contribution in [2.24, 2.45) is 0 Å². The van der Waals surface area contributed by atoms with Gasteiger partial charge in [-0.15, -0.1) is 0 Å². The average Bonchev–Trinajstić information content (AvgIpc) is 3.13. The summed E-state index contributed by atoms with van der Waals surface area (Å²) < 4.78 is 25.8. The van der Waals surface area contributed by atoms with Crippen LogP contribution in [0.3, 0.4) is 0 Å². The number of benzene rings is 3. The second-order valence-corrected chi connectivity index (χ2v) is 9.55. The summed E-state index contributed by atoms with van der Waals surface area (Å²) in [5, 5.41) is 11.5. The zero-order valence-corrected chi connectivity index (χ0v) is 20.8. The number of aliphatic hydroxyl groups excluding tert-OH is 1. The van der Waals surface area contributed by atoms with Gasteiger partial charge >= 0.3 is 0 Å². The number of Topliss-reactive ketones (excluding diaryl/α,β-unsaturated/α-hetero) is 1. The second-order valence-electron chi connectivity index (χ2n) is 9.55. The molecule has 186 valence electrons. The van der Waals surface area contributed by atoms with Crippen LogP contribution in [0, 0.1) is 5.82 Å². The van der Waals surface area contributed by atoms with E-state index in [9.17, 15) is 14.7 Å². The molecule has 0 spiro atoms. The van der Waals surface area contributed by atoms with Crippen LogP contribution >= 0.6 is 0 Å². The zero-order valence-electron chi connectivity index (χ0n) is 20.8. The third kappa shape index (κ3) is 4.33. The Morgan fingerprint density at radius 3 is 2.19 bits per heavy atom. The molecule has 3 aromatic rings. The number of rotatable bonds is 5. The fourth-order valence-corrected chi connectivity index (χ4v) is 4.34. The standard InChI is InChI=1S/C29H28FNO5/c1-29(2,3)17-10-15-23(36-5)21(16-17)26(32)24-25(20-8-6-7-9-22(20)30)31(28(34)27(24)33)18-11-13-19(35-4)14-12-18/h6-16,25,32H,1-5H3/b26-24+. The monoisotopic (exact) mass is 489 g/mol. The maximum Gasteiger partial charge on any atom is 0.300 e. The topological polar surface area (TPSA) is 76.1 Å². The van der Waals surface area contributed by atoms with Crippen LogP contribution in [0.5, 0.6) is 11.5 Å². The van der Waals surface area contributed by atoms with Crippen LogP contribution in [0.15, 0.2) is 72.3 Å². The van der Waals surface area contributed by atoms with Crippen molar-refractivity contribution in [1.29, 1.82) is 0 Å². The van der Waals surface area contributed by atoms with Gasteiger partial charge < -0.3 is 14.6 Å². The number of nitrogens with zero attached hydrogens (tertiary/aromatic N) is 1. The maximum absolute atomic E-state index is 15.1. The Hall–Kier alpha value is -4.13. The van der Waals surface area contributed by atoms with E-state index in [2.05, 4.69) is 0 Å². The zero-order chi connectivity index (χ0) is 26.2. The van der Waals surface area contributed by atoms with Crippen LogP contribution in [0.4, 0.5) is 10.1 Å². The van der Waals surface area contributed by atoms with Gasteiger partial charge in [0.05, 0.1) is 31.4 Å². The minimum atomic E-state index is -1.19. The van der Waals surface area contributed by atoms with E-state index >= 15 is 4.39 Å². The largest absolute Gasteiger partial charge is 0.507 e. The summed E-state index contributed by atoms with van der Waals surface area (Å²) in [4.78, 5) is 27.9. The summed E-state index contributed by atoms with van der Waals surface area (Å²) in [5.74, 6) is -1.95. The highest BCUT2D eigenvalue weighted by molar-refractivity contribution is 6.51. The molecule has 0 aromatic heterocycles. The van der Waals surface area contributed by atoms with E-state index in [0.29, 0.717) is 17.2 Å². The van der Waals surface area contributed by atoms with Crippen molar-refractivity contribution in [1.82, 2.24) is 0 Å². The molecule has 1 fully saturated rings. The second kappa shape index (κ2) is 9.49. The van der Waals surface area contributed by atoms with Crippen molar-refractivity contribution >= 4 is 23.1 Å². The van der Waals surface area contributed by atoms with Crippen molar-refractivity contribution in [3.8, 4) is 11.5 Å². The molecule has 0 aliphatic carbocycles. The lowest BCUT2D eigenvalue weighted by molar-refractivity contribution is -0.132. The van der Waals surface area contributed by atoms with Crippen LogP contribution in [-0.2, 0) is 15.0 Å². The van der Waals surface area contributed by atoms with Gasteiger partial charge in [0.25, 0.3) is 11.7 Å². The molecule has 1 aliphatic heterocycles. The number of carbonyl (C=O) groups is 2. The number of hydrogen-bond acceptors (Lipinski definition) is 5. The molecule has 1 aliphatic rings. The lowest BCUT2D eigenvalue weighted by Gasteiger charge is -2.26. The average molecular weight is 490 g/mol. The summed E-state index contributed by atoms with van der Waals surface area (Å²) >= 11 is 0. The molecule has 3 aromatic carbocycles. The lowest BCUT2D eigenvalue weighted by atomic mass is 9.85. The molecular weight excluding hydrogens is 461 g/mol. The number of anilines is 1. The number of halogens is 1. The van der Waals surface area contributed by atoms with Crippen LogP contribution < -0.4 is 14.4 Å². The Morgan fingerprint density at radius 2 is 1.61 bits per heavy atom. The van der Waals surface area contributed by atoms with Crippen LogP contribution in [0.1, 0.15) is 43.5 Å². The Balaban J connectivity index is 2.00. The van der Waals surface area contributed by atoms with E-state index in [-0.39, 0.29) is 22.1 Å². The van der Waals surface area contributed by atoms with Crippen molar-refractivity contribution in [2.45, 2.75) is 32.2 Å². The number of ether oxygens (including phenoxy) is 2. The Labute approximate surface area is 209 Å². The quantitative estimate of drug-likeness (QED) is 0.280. The van der Waals surface area contributed by atoms with Crippen molar-refractivity contribution in [2.75, 3.05) is 19.1 Å². The maximum atomic E-state index is 15.1. The first-order valence-electron chi connectivity index (χ1n) is 11.5. The molecule has 7 heteroatoms. The Bertz CT molecular complexity index is 1350. The number of ketones is 1. The van der Waals surface area contributed by atoms with Crippen molar-refractivity contribution in [3.63, 3.8) is 0 Å². The van der Waals surface area contributed by atoms with Gasteiger partial charge in [-0.3, -0.25) is 14.5 Å². The van der Waals surface area contributed by atoms with E-state index < -0.39 is 29.3 Å². The predicted molar refractivity (Wildman–Crippen MR) is 136 cm³/mol. The molecule has 1 heterocycles. The number of amides is 1. The van der Waals surface area contributed by atoms with Gasteiger partial charge in [-0.1, -0.05) is 45.0 Å². The van der Waals surface area contributed by atoms with Gasteiger partial charge in [0.2, 0.25) is 0 Å². The van der Waals surface area contributed by atoms with Gasteiger partial charge in [-0.05, 0) is 53.4 Å². The van der Waals surface area contributed by atoms with Gasteiger partial charge in [0.15, 0.2) is 0 Å². The molecule has 1 amide bonds. The molecule has 1 atom stereocenters. The summed E-state index contributed by atoms with van der Waals surface area (Å²) in [6, 6.07) is 16.5. The van der Waals surface area contributed by atoms with Gasteiger partial charge in [0, 0.05) is 11.3 Å². The molecule has 1 saturated heterocycles. The molecule has 4 rings (SSSR count). The minimum absolute atomic E-state index is 0.0833.